The molecule has 2 saturated heterocycles. The first-order valence-electron chi connectivity index (χ1n) is 6.55. The molecule has 2 fully saturated rings. The molecular formula is C13H15N3O4. The van der Waals surface area contributed by atoms with Crippen molar-refractivity contribution in [2.75, 3.05) is 5.73 Å². The predicted molar refractivity (Wildman–Crippen MR) is 71.3 cm³/mol. The molecule has 2 bridgehead atoms. The van der Waals surface area contributed by atoms with Crippen LogP contribution in [0.5, 0.6) is 0 Å². The lowest BCUT2D eigenvalue weighted by Crippen LogP contribution is -2.41. The van der Waals surface area contributed by atoms with E-state index in [2.05, 4.69) is 5.32 Å². The van der Waals surface area contributed by atoms with Crippen molar-refractivity contribution < 1.29 is 14.5 Å². The second-order valence-corrected chi connectivity index (χ2v) is 5.22. The topological polar surface area (TPSA) is 107 Å². The molecule has 2 aliphatic heterocycles. The van der Waals surface area contributed by atoms with Crippen LogP contribution in [0.1, 0.15) is 29.6 Å². The summed E-state index contributed by atoms with van der Waals surface area (Å²) >= 11 is 0. The summed E-state index contributed by atoms with van der Waals surface area (Å²) in [5.74, 6) is -0.467. The van der Waals surface area contributed by atoms with Crippen LogP contribution in [0.2, 0.25) is 0 Å². The zero-order valence-electron chi connectivity index (χ0n) is 10.7. The Morgan fingerprint density at radius 3 is 2.85 bits per heavy atom. The van der Waals surface area contributed by atoms with E-state index >= 15 is 0 Å². The molecule has 106 valence electrons. The minimum Gasteiger partial charge on any atom is -0.399 e. The maximum Gasteiger partial charge on any atom is 0.282 e. The van der Waals surface area contributed by atoms with Crippen molar-refractivity contribution in [3.63, 3.8) is 0 Å². The van der Waals surface area contributed by atoms with E-state index in [1.54, 1.807) is 0 Å². The first-order chi connectivity index (χ1) is 9.54. The van der Waals surface area contributed by atoms with Gasteiger partial charge in [-0.2, -0.15) is 0 Å². The van der Waals surface area contributed by atoms with Crippen molar-refractivity contribution in [2.24, 2.45) is 0 Å². The molecule has 7 heteroatoms. The highest BCUT2D eigenvalue weighted by Gasteiger charge is 2.41. The molecule has 0 aliphatic carbocycles. The normalized spacial score (nSPS) is 27.5. The van der Waals surface area contributed by atoms with Crippen LogP contribution in [0.15, 0.2) is 18.2 Å². The highest BCUT2D eigenvalue weighted by Crippen LogP contribution is 2.34. The van der Waals surface area contributed by atoms with Gasteiger partial charge in [0, 0.05) is 11.8 Å². The smallest absolute Gasteiger partial charge is 0.282 e. The summed E-state index contributed by atoms with van der Waals surface area (Å²) in [6, 6.07) is 3.93. The molecule has 7 nitrogen and oxygen atoms in total. The first kappa shape index (κ1) is 12.9. The molecule has 2 heterocycles. The fourth-order valence-corrected chi connectivity index (χ4v) is 2.93. The second kappa shape index (κ2) is 4.75. The number of nitrogens with one attached hydrogen (secondary N) is 1. The van der Waals surface area contributed by atoms with E-state index in [-0.39, 0.29) is 29.5 Å². The zero-order valence-corrected chi connectivity index (χ0v) is 10.7. The van der Waals surface area contributed by atoms with Crippen molar-refractivity contribution in [3.8, 4) is 0 Å². The van der Waals surface area contributed by atoms with Crippen molar-refractivity contribution in [1.29, 1.82) is 0 Å². The first-order valence-corrected chi connectivity index (χ1v) is 6.55. The molecule has 1 aromatic carbocycles. The number of hydrogen-bond acceptors (Lipinski definition) is 5. The number of nitro groups is 1. The number of carbonyl (C=O) groups is 1. The van der Waals surface area contributed by atoms with Gasteiger partial charge in [0.2, 0.25) is 0 Å². The summed E-state index contributed by atoms with van der Waals surface area (Å²) in [5.41, 5.74) is 5.69. The number of benzene rings is 1. The number of nitrogens with zero attached hydrogens (tertiary/aromatic N) is 1. The summed E-state index contributed by atoms with van der Waals surface area (Å²) < 4.78 is 5.65. The molecular weight excluding hydrogens is 262 g/mol. The highest BCUT2D eigenvalue weighted by molar-refractivity contribution is 5.99. The van der Waals surface area contributed by atoms with Gasteiger partial charge in [-0.1, -0.05) is 0 Å². The summed E-state index contributed by atoms with van der Waals surface area (Å²) in [6.07, 6.45) is 2.96. The number of nitro benzene ring substituents is 1. The number of anilines is 1. The minimum atomic E-state index is -0.578. The standard InChI is InChI=1S/C13H15N3O4/c14-7-1-3-11(16(18)19)9(5-7)13(17)15-10-6-8-2-4-12(10)20-8/h1,3,5,8,10,12H,2,4,6,14H2,(H,15,17). The SMILES string of the molecule is Nc1ccc([N+](=O)[O-])c(C(=O)NC2CC3CCC2O3)c1. The van der Waals surface area contributed by atoms with Gasteiger partial charge in [0.25, 0.3) is 11.6 Å². The Balaban J connectivity index is 1.80. The number of carbonyl (C=O) groups excluding carboxylic acids is 1. The molecule has 3 atom stereocenters. The number of hydrogen-bond donors (Lipinski definition) is 2. The van der Waals surface area contributed by atoms with Gasteiger partial charge in [-0.25, -0.2) is 0 Å². The maximum absolute atomic E-state index is 12.2. The Kier molecular flexibility index (Phi) is 3.06. The van der Waals surface area contributed by atoms with Gasteiger partial charge in [-0.15, -0.1) is 0 Å². The lowest BCUT2D eigenvalue weighted by molar-refractivity contribution is -0.385. The average Bonchev–Trinajstić information content (AvgIpc) is 3.00. The molecule has 3 rings (SSSR count). The summed E-state index contributed by atoms with van der Waals surface area (Å²) in [6.45, 7) is 0. The van der Waals surface area contributed by atoms with Crippen LogP contribution in [0, 0.1) is 10.1 Å². The van der Waals surface area contributed by atoms with Crippen LogP contribution in [0.4, 0.5) is 11.4 Å². The van der Waals surface area contributed by atoms with Gasteiger partial charge in [0.1, 0.15) is 5.56 Å². The molecule has 0 radical (unpaired) electrons. The minimum absolute atomic E-state index is 0.00206. The predicted octanol–water partition coefficient (Wildman–Crippen LogP) is 1.23. The zero-order chi connectivity index (χ0) is 14.3. The third-order valence-corrected chi connectivity index (χ3v) is 3.88. The number of fused-ring (bicyclic) bond motifs is 2. The van der Waals surface area contributed by atoms with E-state index < -0.39 is 10.8 Å². The van der Waals surface area contributed by atoms with Crippen molar-refractivity contribution in [1.82, 2.24) is 5.32 Å². The number of ether oxygens (including phenoxy) is 1. The number of nitrogens with two attached hydrogens (primary N) is 1. The third kappa shape index (κ3) is 2.20. The summed E-state index contributed by atoms with van der Waals surface area (Å²) in [7, 11) is 0. The molecule has 0 aromatic heterocycles. The number of amides is 1. The second-order valence-electron chi connectivity index (χ2n) is 5.22. The van der Waals surface area contributed by atoms with Crippen LogP contribution in [0.3, 0.4) is 0 Å². The van der Waals surface area contributed by atoms with Crippen LogP contribution < -0.4 is 11.1 Å². The molecule has 0 spiro atoms. The maximum atomic E-state index is 12.2. The van der Waals surface area contributed by atoms with E-state index in [1.807, 2.05) is 0 Å². The van der Waals surface area contributed by atoms with Crippen LogP contribution in [-0.4, -0.2) is 29.1 Å². The van der Waals surface area contributed by atoms with Gasteiger partial charge in [0.05, 0.1) is 23.2 Å². The van der Waals surface area contributed by atoms with Crippen molar-refractivity contribution in [2.45, 2.75) is 37.5 Å². The number of nitrogen functional groups attached to an aromatic ring is 1. The molecule has 2 aliphatic rings. The van der Waals surface area contributed by atoms with E-state index in [0.717, 1.165) is 19.3 Å². The molecule has 1 amide bonds. The van der Waals surface area contributed by atoms with Crippen LogP contribution in [-0.2, 0) is 4.74 Å². The van der Waals surface area contributed by atoms with Crippen molar-refractivity contribution in [3.05, 3.63) is 33.9 Å². The molecule has 3 unspecified atom stereocenters. The van der Waals surface area contributed by atoms with E-state index in [0.29, 0.717) is 5.69 Å². The third-order valence-electron chi connectivity index (χ3n) is 3.88. The Bertz CT molecular complexity index is 575. The van der Waals surface area contributed by atoms with Gasteiger partial charge < -0.3 is 15.8 Å². The molecule has 0 saturated carbocycles. The van der Waals surface area contributed by atoms with E-state index in [1.165, 1.54) is 18.2 Å². The van der Waals surface area contributed by atoms with E-state index in [4.69, 9.17) is 10.5 Å². The van der Waals surface area contributed by atoms with Gasteiger partial charge in [-0.05, 0) is 31.4 Å². The quantitative estimate of drug-likeness (QED) is 0.491. The fourth-order valence-electron chi connectivity index (χ4n) is 2.93. The lowest BCUT2D eigenvalue weighted by atomic mass is 9.95. The Hall–Kier alpha value is -2.15. The molecule has 3 N–H and O–H groups in total. The van der Waals surface area contributed by atoms with Crippen molar-refractivity contribution >= 4 is 17.3 Å². The largest absolute Gasteiger partial charge is 0.399 e. The summed E-state index contributed by atoms with van der Waals surface area (Å²) in [5, 5.41) is 13.8. The highest BCUT2D eigenvalue weighted by atomic mass is 16.6. The van der Waals surface area contributed by atoms with Crippen LogP contribution in [0.25, 0.3) is 0 Å². The van der Waals surface area contributed by atoms with Gasteiger partial charge in [0.15, 0.2) is 0 Å². The van der Waals surface area contributed by atoms with Crippen LogP contribution >= 0.6 is 0 Å². The monoisotopic (exact) mass is 277 g/mol. The average molecular weight is 277 g/mol. The number of rotatable bonds is 3. The molecule has 20 heavy (non-hydrogen) atoms. The van der Waals surface area contributed by atoms with Gasteiger partial charge >= 0.3 is 0 Å². The Morgan fingerprint density at radius 1 is 1.45 bits per heavy atom. The van der Waals surface area contributed by atoms with E-state index in [9.17, 15) is 14.9 Å². The molecule has 1 aromatic rings. The lowest BCUT2D eigenvalue weighted by Gasteiger charge is -2.20. The Labute approximate surface area is 115 Å². The Morgan fingerprint density at radius 2 is 2.25 bits per heavy atom. The van der Waals surface area contributed by atoms with Gasteiger partial charge in [-0.3, -0.25) is 14.9 Å². The fraction of sp³-hybridized carbons (Fsp3) is 0.462. The summed E-state index contributed by atoms with van der Waals surface area (Å²) in [4.78, 5) is 22.6.